The van der Waals surface area contributed by atoms with Crippen molar-refractivity contribution >= 4 is 28.7 Å². The van der Waals surface area contributed by atoms with Crippen LogP contribution in [0.2, 0.25) is 0 Å². The first-order valence-electron chi connectivity index (χ1n) is 9.40. The van der Waals surface area contributed by atoms with Gasteiger partial charge >= 0.3 is 6.09 Å². The van der Waals surface area contributed by atoms with Gasteiger partial charge in [0.05, 0.1) is 25.7 Å². The van der Waals surface area contributed by atoms with Gasteiger partial charge in [0.25, 0.3) is 0 Å². The Bertz CT molecular complexity index is 832. The smallest absolute Gasteiger partial charge is 0.413 e. The first-order chi connectivity index (χ1) is 13.4. The van der Waals surface area contributed by atoms with Gasteiger partial charge in [-0.2, -0.15) is 0 Å². The van der Waals surface area contributed by atoms with E-state index in [0.717, 1.165) is 16.3 Å². The van der Waals surface area contributed by atoms with Gasteiger partial charge in [0, 0.05) is 0 Å². The fourth-order valence-corrected chi connectivity index (χ4v) is 3.00. The average molecular weight is 385 g/mol. The predicted molar refractivity (Wildman–Crippen MR) is 108 cm³/mol. The molecule has 0 aliphatic heterocycles. The summed E-state index contributed by atoms with van der Waals surface area (Å²) in [7, 11) is 0. The van der Waals surface area contributed by atoms with Crippen LogP contribution in [0, 0.1) is 0 Å². The number of fused-ring (bicyclic) bond motifs is 1. The van der Waals surface area contributed by atoms with Gasteiger partial charge in [-0.1, -0.05) is 49.4 Å². The van der Waals surface area contributed by atoms with Crippen LogP contribution in [0.4, 0.5) is 4.79 Å². The summed E-state index contributed by atoms with van der Waals surface area (Å²) < 4.78 is 4.68. The van der Waals surface area contributed by atoms with E-state index < -0.39 is 12.0 Å². The molecule has 7 heteroatoms. The van der Waals surface area contributed by atoms with Gasteiger partial charge in [0.1, 0.15) is 0 Å². The zero-order valence-corrected chi connectivity index (χ0v) is 16.5. The van der Waals surface area contributed by atoms with Gasteiger partial charge in [-0.25, -0.2) is 4.79 Å². The Hall–Kier alpha value is -2.93. The van der Waals surface area contributed by atoms with E-state index in [-0.39, 0.29) is 31.6 Å². The van der Waals surface area contributed by atoms with Crippen LogP contribution in [0.15, 0.2) is 42.5 Å². The van der Waals surface area contributed by atoms with Crippen molar-refractivity contribution in [1.29, 1.82) is 0 Å². The molecule has 0 saturated heterocycles. The highest BCUT2D eigenvalue weighted by molar-refractivity contribution is 5.93. The zero-order valence-electron chi connectivity index (χ0n) is 16.5. The number of benzene rings is 2. The molecule has 0 fully saturated rings. The summed E-state index contributed by atoms with van der Waals surface area (Å²) in [6.07, 6.45) is -0.780. The number of carbonyl (C=O) groups excluding carboxylic acids is 3. The number of amides is 3. The highest BCUT2D eigenvalue weighted by Crippen LogP contribution is 2.23. The number of alkyl carbamates (subject to hydrolysis) is 1. The van der Waals surface area contributed by atoms with E-state index in [2.05, 4.69) is 15.4 Å². The van der Waals surface area contributed by atoms with Crippen LogP contribution in [0.5, 0.6) is 0 Å². The van der Waals surface area contributed by atoms with E-state index in [4.69, 9.17) is 0 Å². The van der Waals surface area contributed by atoms with Gasteiger partial charge in [0.15, 0.2) is 0 Å². The van der Waals surface area contributed by atoms with Crippen molar-refractivity contribution < 1.29 is 19.1 Å². The van der Waals surface area contributed by atoms with Crippen molar-refractivity contribution in [2.24, 2.45) is 0 Å². The number of rotatable bonds is 8. The van der Waals surface area contributed by atoms with Gasteiger partial charge in [-0.15, -0.1) is 0 Å². The molecule has 0 unspecified atom stereocenters. The molecule has 0 heterocycles. The molecule has 2 rings (SSSR count). The van der Waals surface area contributed by atoms with Crippen molar-refractivity contribution in [3.63, 3.8) is 0 Å². The summed E-state index contributed by atoms with van der Waals surface area (Å²) in [5.41, 5.74) is 1.04. The minimum absolute atomic E-state index is 0.0574. The lowest BCUT2D eigenvalue weighted by molar-refractivity contribution is -0.125. The molecule has 1 atom stereocenters. The Balaban J connectivity index is 1.94. The maximum atomic E-state index is 12.5. The number of nitrogens with one attached hydrogen (secondary N) is 2. The molecule has 7 nitrogen and oxygen atoms in total. The molecular weight excluding hydrogens is 358 g/mol. The quantitative estimate of drug-likeness (QED) is 0.729. The van der Waals surface area contributed by atoms with Crippen LogP contribution in [0.1, 0.15) is 32.4 Å². The van der Waals surface area contributed by atoms with Crippen molar-refractivity contribution in [3.05, 3.63) is 48.0 Å². The topological polar surface area (TPSA) is 87.7 Å². The maximum absolute atomic E-state index is 12.5. The van der Waals surface area contributed by atoms with Crippen molar-refractivity contribution in [2.45, 2.75) is 26.8 Å². The number of carbonyl (C=O) groups is 3. The number of imide groups is 1. The van der Waals surface area contributed by atoms with E-state index in [1.807, 2.05) is 56.3 Å². The SMILES string of the molecule is CCOC(=O)NC(=O)CN(CC)CC(=O)N[C@H](C)c1cccc2ccccc12. The molecule has 0 radical (unpaired) electrons. The fraction of sp³-hybridized carbons (Fsp3) is 0.381. The van der Waals surface area contributed by atoms with Crippen LogP contribution in [-0.2, 0) is 14.3 Å². The van der Waals surface area contributed by atoms with Crippen LogP contribution in [0.25, 0.3) is 10.8 Å². The summed E-state index contributed by atoms with van der Waals surface area (Å²) in [6.45, 7) is 6.11. The van der Waals surface area contributed by atoms with Crippen LogP contribution in [0.3, 0.4) is 0 Å². The summed E-state index contributed by atoms with van der Waals surface area (Å²) in [5.74, 6) is -0.693. The molecule has 2 aromatic carbocycles. The molecule has 0 spiro atoms. The van der Waals surface area contributed by atoms with Crippen molar-refractivity contribution in [2.75, 3.05) is 26.2 Å². The summed E-state index contributed by atoms with van der Waals surface area (Å²) in [6, 6.07) is 13.9. The molecule has 150 valence electrons. The molecule has 0 aromatic heterocycles. The molecule has 2 aromatic rings. The summed E-state index contributed by atoms with van der Waals surface area (Å²) in [4.78, 5) is 37.3. The third-order valence-corrected chi connectivity index (χ3v) is 4.37. The van der Waals surface area contributed by atoms with Crippen LogP contribution >= 0.6 is 0 Å². The molecule has 0 bridgehead atoms. The lowest BCUT2D eigenvalue weighted by Gasteiger charge is -2.21. The van der Waals surface area contributed by atoms with Gasteiger partial charge in [-0.05, 0) is 36.7 Å². The van der Waals surface area contributed by atoms with E-state index in [9.17, 15) is 14.4 Å². The fourth-order valence-electron chi connectivity index (χ4n) is 3.00. The zero-order chi connectivity index (χ0) is 20.5. The van der Waals surface area contributed by atoms with Crippen molar-refractivity contribution in [1.82, 2.24) is 15.5 Å². The van der Waals surface area contributed by atoms with Gasteiger partial charge < -0.3 is 10.1 Å². The van der Waals surface area contributed by atoms with Crippen molar-refractivity contribution in [3.8, 4) is 0 Å². The first-order valence-corrected chi connectivity index (χ1v) is 9.40. The second kappa shape index (κ2) is 10.4. The standard InChI is InChI=1S/C21H27N3O4/c1-4-24(14-20(26)23-21(27)28-5-2)13-19(25)22-15(3)17-12-8-10-16-9-6-7-11-18(16)17/h6-12,15H,4-5,13-14H2,1-3H3,(H,22,25)(H,23,26,27)/t15-/m1/s1. The second-order valence-electron chi connectivity index (χ2n) is 6.43. The second-order valence-corrected chi connectivity index (χ2v) is 6.43. The lowest BCUT2D eigenvalue weighted by atomic mass is 10.00. The van der Waals surface area contributed by atoms with E-state index >= 15 is 0 Å². The molecule has 0 aliphatic rings. The first kappa shape index (κ1) is 21.4. The summed E-state index contributed by atoms with van der Waals surface area (Å²) in [5, 5.41) is 7.33. The monoisotopic (exact) mass is 385 g/mol. The Labute approximate surface area is 165 Å². The molecule has 0 saturated carbocycles. The van der Waals surface area contributed by atoms with E-state index in [0.29, 0.717) is 6.54 Å². The highest BCUT2D eigenvalue weighted by Gasteiger charge is 2.17. The molecular formula is C21H27N3O4. The Kier molecular flexibility index (Phi) is 7.95. The predicted octanol–water partition coefficient (Wildman–Crippen LogP) is 2.61. The normalized spacial score (nSPS) is 11.9. The third kappa shape index (κ3) is 6.06. The minimum atomic E-state index is -0.780. The summed E-state index contributed by atoms with van der Waals surface area (Å²) >= 11 is 0. The molecule has 2 N–H and O–H groups in total. The van der Waals surface area contributed by atoms with Gasteiger partial charge in [-0.3, -0.25) is 19.8 Å². The number of likely N-dealkylation sites (N-methyl/N-ethyl adjacent to an activating group) is 1. The molecule has 28 heavy (non-hydrogen) atoms. The minimum Gasteiger partial charge on any atom is -0.450 e. The Morgan fingerprint density at radius 2 is 1.68 bits per heavy atom. The maximum Gasteiger partial charge on any atom is 0.413 e. The van der Waals surface area contributed by atoms with Crippen LogP contribution in [-0.4, -0.2) is 49.0 Å². The van der Waals surface area contributed by atoms with E-state index in [1.54, 1.807) is 11.8 Å². The van der Waals surface area contributed by atoms with E-state index in [1.165, 1.54) is 0 Å². The Morgan fingerprint density at radius 3 is 2.39 bits per heavy atom. The number of hydrogen-bond donors (Lipinski definition) is 2. The largest absolute Gasteiger partial charge is 0.450 e. The average Bonchev–Trinajstić information content (AvgIpc) is 2.66. The highest BCUT2D eigenvalue weighted by atomic mass is 16.5. The van der Waals surface area contributed by atoms with Crippen LogP contribution < -0.4 is 10.6 Å². The molecule has 3 amide bonds. The third-order valence-electron chi connectivity index (χ3n) is 4.37. The lowest BCUT2D eigenvalue weighted by Crippen LogP contribution is -2.44. The van der Waals surface area contributed by atoms with Gasteiger partial charge in [0.2, 0.25) is 11.8 Å². The number of hydrogen-bond acceptors (Lipinski definition) is 5. The number of nitrogens with zero attached hydrogens (tertiary/aromatic N) is 1. The number of ether oxygens (including phenoxy) is 1. The Morgan fingerprint density at radius 1 is 1.00 bits per heavy atom. The molecule has 0 aliphatic carbocycles.